The molecule has 0 spiro atoms. The Hall–Kier alpha value is -2.68. The summed E-state index contributed by atoms with van der Waals surface area (Å²) in [7, 11) is -4.34. The van der Waals surface area contributed by atoms with E-state index >= 15 is 0 Å². The molecule has 0 aliphatic heterocycles. The van der Waals surface area contributed by atoms with Crippen LogP contribution in [0.25, 0.3) is 0 Å². The molecule has 27 heavy (non-hydrogen) atoms. The third-order valence-electron chi connectivity index (χ3n) is 3.81. The lowest BCUT2D eigenvalue weighted by Gasteiger charge is -2.20. The molecule has 6 nitrogen and oxygen atoms in total. The van der Waals surface area contributed by atoms with Gasteiger partial charge in [0.25, 0.3) is 0 Å². The summed E-state index contributed by atoms with van der Waals surface area (Å²) in [4.78, 5) is 10.6. The molecule has 1 aromatic heterocycles. The van der Waals surface area contributed by atoms with Gasteiger partial charge in [0, 0.05) is 10.6 Å². The van der Waals surface area contributed by atoms with Gasteiger partial charge in [0.1, 0.15) is 10.7 Å². The van der Waals surface area contributed by atoms with Gasteiger partial charge in [-0.15, -0.1) is 0 Å². The lowest BCUT2D eigenvalue weighted by Crippen LogP contribution is -2.30. The van der Waals surface area contributed by atoms with Crippen molar-refractivity contribution >= 4 is 27.6 Å². The minimum absolute atomic E-state index is 0.0729. The summed E-state index contributed by atoms with van der Waals surface area (Å²) in [6, 6.07) is 11.8. The van der Waals surface area contributed by atoms with Crippen molar-refractivity contribution in [3.8, 4) is 0 Å². The van der Waals surface area contributed by atoms with E-state index in [2.05, 4.69) is 4.72 Å². The van der Waals surface area contributed by atoms with Crippen LogP contribution in [-0.2, 0) is 10.0 Å². The summed E-state index contributed by atoms with van der Waals surface area (Å²) < 4.78 is 47.0. The number of sulfonamides is 1. The van der Waals surface area contributed by atoms with Crippen LogP contribution in [0.3, 0.4) is 0 Å². The molecule has 2 aromatic carbocycles. The van der Waals surface area contributed by atoms with Crippen LogP contribution < -0.4 is 4.72 Å². The van der Waals surface area contributed by atoms with Gasteiger partial charge in [0.2, 0.25) is 15.8 Å². The van der Waals surface area contributed by atoms with Gasteiger partial charge < -0.3 is 9.52 Å². The molecule has 0 radical (unpaired) electrons. The predicted octanol–water partition coefficient (Wildman–Crippen LogP) is 3.84. The quantitative estimate of drug-likeness (QED) is 0.644. The minimum Gasteiger partial charge on any atom is -0.475 e. The number of carboxylic acid groups (broad SMARTS) is 1. The maximum atomic E-state index is 14.4. The Balaban J connectivity index is 2.09. The van der Waals surface area contributed by atoms with Gasteiger partial charge in [-0.1, -0.05) is 41.9 Å². The number of halogens is 2. The van der Waals surface area contributed by atoms with E-state index in [1.54, 1.807) is 30.3 Å². The van der Waals surface area contributed by atoms with Crippen molar-refractivity contribution in [1.29, 1.82) is 0 Å². The molecule has 0 fully saturated rings. The summed E-state index contributed by atoms with van der Waals surface area (Å²) >= 11 is 5.87. The summed E-state index contributed by atoms with van der Waals surface area (Å²) in [5.74, 6) is -2.88. The highest BCUT2D eigenvalue weighted by Gasteiger charge is 2.30. The van der Waals surface area contributed by atoms with Crippen molar-refractivity contribution < 1.29 is 27.1 Å². The number of furan rings is 1. The topological polar surface area (TPSA) is 96.6 Å². The second-order valence-electron chi connectivity index (χ2n) is 5.55. The van der Waals surface area contributed by atoms with Crippen LogP contribution in [0.4, 0.5) is 4.39 Å². The third kappa shape index (κ3) is 4.02. The Labute approximate surface area is 159 Å². The van der Waals surface area contributed by atoms with Crippen LogP contribution in [0.5, 0.6) is 0 Å². The van der Waals surface area contributed by atoms with Gasteiger partial charge in [0.15, 0.2) is 0 Å². The van der Waals surface area contributed by atoms with E-state index in [1.165, 1.54) is 18.2 Å². The number of rotatable bonds is 6. The van der Waals surface area contributed by atoms with E-state index in [0.29, 0.717) is 10.6 Å². The normalized spacial score (nSPS) is 12.7. The fourth-order valence-electron chi connectivity index (χ4n) is 2.56. The van der Waals surface area contributed by atoms with E-state index < -0.39 is 38.5 Å². The van der Waals surface area contributed by atoms with Crippen molar-refractivity contribution in [2.24, 2.45) is 0 Å². The molecule has 3 aromatic rings. The number of hydrogen-bond donors (Lipinski definition) is 2. The summed E-state index contributed by atoms with van der Waals surface area (Å²) in [6.07, 6.45) is 0.957. The zero-order valence-corrected chi connectivity index (χ0v) is 15.2. The number of benzene rings is 2. The standard InChI is InChI=1S/C18H13ClFNO5S/c19-12-7-5-11(6-8-12)16(13-3-1-2-4-14(13)20)21-27(24,25)15-9-10-26-17(15)18(22)23/h1-10,16,21H,(H,22,23). The Morgan fingerprint density at radius 3 is 2.41 bits per heavy atom. The monoisotopic (exact) mass is 409 g/mol. The molecular weight excluding hydrogens is 397 g/mol. The molecular formula is C18H13ClFNO5S. The highest BCUT2D eigenvalue weighted by atomic mass is 35.5. The van der Waals surface area contributed by atoms with Gasteiger partial charge >= 0.3 is 5.97 Å². The number of nitrogens with one attached hydrogen (secondary N) is 1. The first-order valence-corrected chi connectivity index (χ1v) is 9.48. The number of aromatic carboxylic acids is 1. The van der Waals surface area contributed by atoms with Gasteiger partial charge in [0.05, 0.1) is 12.3 Å². The molecule has 0 bridgehead atoms. The zero-order chi connectivity index (χ0) is 19.6. The summed E-state index contributed by atoms with van der Waals surface area (Å²) in [5.41, 5.74) is 0.497. The lowest BCUT2D eigenvalue weighted by molar-refractivity contribution is 0.0656. The Bertz CT molecular complexity index is 1080. The van der Waals surface area contributed by atoms with Crippen LogP contribution >= 0.6 is 11.6 Å². The maximum absolute atomic E-state index is 14.4. The summed E-state index contributed by atoms with van der Waals surface area (Å²) in [5, 5.41) is 9.53. The second kappa shape index (κ2) is 7.51. The number of hydrogen-bond acceptors (Lipinski definition) is 4. The fourth-order valence-corrected chi connectivity index (χ4v) is 4.00. The molecule has 0 saturated carbocycles. The van der Waals surface area contributed by atoms with E-state index in [9.17, 15) is 17.6 Å². The Morgan fingerprint density at radius 1 is 1.11 bits per heavy atom. The van der Waals surface area contributed by atoms with Crippen LogP contribution in [0, 0.1) is 5.82 Å². The first-order chi connectivity index (χ1) is 12.8. The van der Waals surface area contributed by atoms with Gasteiger partial charge in [-0.25, -0.2) is 17.6 Å². The van der Waals surface area contributed by atoms with Crippen LogP contribution in [0.15, 0.2) is 70.2 Å². The SMILES string of the molecule is O=C(O)c1occc1S(=O)(=O)NC(c1ccc(Cl)cc1)c1ccccc1F. The van der Waals surface area contributed by atoms with E-state index in [4.69, 9.17) is 21.1 Å². The predicted molar refractivity (Wildman–Crippen MR) is 95.7 cm³/mol. The van der Waals surface area contributed by atoms with Crippen molar-refractivity contribution in [1.82, 2.24) is 4.72 Å². The largest absolute Gasteiger partial charge is 0.475 e. The molecule has 0 saturated heterocycles. The van der Waals surface area contributed by atoms with Crippen LogP contribution in [0.1, 0.15) is 27.7 Å². The molecule has 2 N–H and O–H groups in total. The molecule has 140 valence electrons. The molecule has 9 heteroatoms. The van der Waals surface area contributed by atoms with Gasteiger partial charge in [-0.2, -0.15) is 4.72 Å². The lowest BCUT2D eigenvalue weighted by atomic mass is 9.99. The Kier molecular flexibility index (Phi) is 5.31. The summed E-state index contributed by atoms with van der Waals surface area (Å²) in [6.45, 7) is 0. The van der Waals surface area contributed by atoms with Crippen LogP contribution in [-0.4, -0.2) is 19.5 Å². The van der Waals surface area contributed by atoms with Crippen molar-refractivity contribution in [2.45, 2.75) is 10.9 Å². The fraction of sp³-hybridized carbons (Fsp3) is 0.0556. The van der Waals surface area contributed by atoms with Crippen molar-refractivity contribution in [3.63, 3.8) is 0 Å². The van der Waals surface area contributed by atoms with E-state index in [1.807, 2.05) is 0 Å². The smallest absolute Gasteiger partial charge is 0.373 e. The second-order valence-corrected chi connectivity index (χ2v) is 7.67. The average molecular weight is 410 g/mol. The van der Waals surface area contributed by atoms with Gasteiger partial charge in [-0.05, 0) is 29.8 Å². The first kappa shape index (κ1) is 19.1. The zero-order valence-electron chi connectivity index (χ0n) is 13.6. The molecule has 0 aliphatic rings. The molecule has 3 rings (SSSR count). The average Bonchev–Trinajstić information content (AvgIpc) is 3.12. The Morgan fingerprint density at radius 2 is 1.78 bits per heavy atom. The molecule has 1 atom stereocenters. The molecule has 1 heterocycles. The van der Waals surface area contributed by atoms with Crippen LogP contribution in [0.2, 0.25) is 5.02 Å². The number of carboxylic acids is 1. The molecule has 0 aliphatic carbocycles. The van der Waals surface area contributed by atoms with E-state index in [-0.39, 0.29) is 5.56 Å². The molecule has 0 amide bonds. The highest BCUT2D eigenvalue weighted by molar-refractivity contribution is 7.89. The maximum Gasteiger partial charge on any atom is 0.373 e. The number of carbonyl (C=O) groups is 1. The van der Waals surface area contributed by atoms with Gasteiger partial charge in [-0.3, -0.25) is 0 Å². The molecule has 1 unspecified atom stereocenters. The van der Waals surface area contributed by atoms with Crippen molar-refractivity contribution in [2.75, 3.05) is 0 Å². The minimum atomic E-state index is -4.34. The highest BCUT2D eigenvalue weighted by Crippen LogP contribution is 2.28. The third-order valence-corrected chi connectivity index (χ3v) is 5.50. The van der Waals surface area contributed by atoms with Crippen molar-refractivity contribution in [3.05, 3.63) is 88.6 Å². The first-order valence-electron chi connectivity index (χ1n) is 7.62. The van der Waals surface area contributed by atoms with E-state index in [0.717, 1.165) is 12.3 Å².